The molecule has 0 fully saturated rings. The van der Waals surface area contributed by atoms with E-state index in [0.717, 1.165) is 11.3 Å². The Morgan fingerprint density at radius 1 is 0.895 bits per heavy atom. The third-order valence-electron chi connectivity index (χ3n) is 5.00. The topological polar surface area (TPSA) is 140 Å². The molecule has 13 heteroatoms. The highest BCUT2D eigenvalue weighted by Gasteiger charge is 2.27. The summed E-state index contributed by atoms with van der Waals surface area (Å²) in [4.78, 5) is 37.3. The van der Waals surface area contributed by atoms with Crippen molar-refractivity contribution in [2.45, 2.75) is 25.7 Å². The molecule has 0 aliphatic carbocycles. The Morgan fingerprint density at radius 3 is 2.11 bits per heavy atom. The molecule has 1 heterocycles. The van der Waals surface area contributed by atoms with Crippen LogP contribution in [-0.4, -0.2) is 44.6 Å². The van der Waals surface area contributed by atoms with Gasteiger partial charge >= 0.3 is 11.9 Å². The second-order valence-corrected chi connectivity index (χ2v) is 10.7. The fraction of sp³-hybridized carbons (Fsp3) is 0.200. The highest BCUT2D eigenvalue weighted by molar-refractivity contribution is 7.90. The number of ether oxygens (including phenoxy) is 2. The minimum Gasteiger partial charge on any atom is -0.462 e. The number of benzene rings is 2. The zero-order valence-electron chi connectivity index (χ0n) is 20.7. The Kier molecular flexibility index (Phi) is 9.55. The molecule has 2 aromatic carbocycles. The van der Waals surface area contributed by atoms with Crippen molar-refractivity contribution in [3.05, 3.63) is 76.2 Å². The van der Waals surface area contributed by atoms with E-state index in [0.29, 0.717) is 16.3 Å². The molecule has 0 saturated carbocycles. The molecule has 10 nitrogen and oxygen atoms in total. The van der Waals surface area contributed by atoms with Crippen LogP contribution in [0.2, 0.25) is 0 Å². The van der Waals surface area contributed by atoms with E-state index in [4.69, 9.17) is 21.7 Å². The van der Waals surface area contributed by atoms with Gasteiger partial charge in [-0.25, -0.2) is 22.7 Å². The molecule has 1 aromatic heterocycles. The van der Waals surface area contributed by atoms with Crippen molar-refractivity contribution in [3.8, 4) is 0 Å². The molecule has 0 radical (unpaired) electrons. The predicted molar refractivity (Wildman–Crippen MR) is 148 cm³/mol. The Morgan fingerprint density at radius 2 is 1.50 bits per heavy atom. The van der Waals surface area contributed by atoms with Crippen LogP contribution in [0, 0.1) is 6.92 Å². The van der Waals surface area contributed by atoms with Crippen LogP contribution in [0.3, 0.4) is 0 Å². The van der Waals surface area contributed by atoms with Crippen molar-refractivity contribution in [1.82, 2.24) is 4.72 Å². The van der Waals surface area contributed by atoms with Gasteiger partial charge in [0, 0.05) is 11.3 Å². The number of anilines is 2. The van der Waals surface area contributed by atoms with Crippen molar-refractivity contribution in [1.29, 1.82) is 0 Å². The smallest absolute Gasteiger partial charge is 0.348 e. The summed E-state index contributed by atoms with van der Waals surface area (Å²) in [6, 6.07) is 13.5. The Bertz CT molecular complexity index is 1450. The average Bonchev–Trinajstić information content (AvgIpc) is 3.20. The van der Waals surface area contributed by atoms with Crippen molar-refractivity contribution < 1.29 is 32.3 Å². The SMILES string of the molecule is CCOC(=O)c1sc(NC(=S)Nc2ccc(S(=O)(=O)NC(=O)c3ccccc3)cc2)c(C(=O)OCC)c1C. The zero-order valence-corrected chi connectivity index (χ0v) is 23.1. The molecule has 3 aromatic rings. The quantitative estimate of drug-likeness (QED) is 0.249. The summed E-state index contributed by atoms with van der Waals surface area (Å²) in [5.41, 5.74) is 1.22. The molecule has 3 rings (SSSR count). The maximum Gasteiger partial charge on any atom is 0.348 e. The molecular weight excluding hydrogens is 550 g/mol. The first kappa shape index (κ1) is 28.8. The molecule has 1 amide bonds. The normalized spacial score (nSPS) is 10.8. The number of carbonyl (C=O) groups is 3. The van der Waals surface area contributed by atoms with Crippen LogP contribution in [0.4, 0.5) is 10.7 Å². The van der Waals surface area contributed by atoms with Gasteiger partial charge in [0.25, 0.3) is 15.9 Å². The monoisotopic (exact) mass is 575 g/mol. The second-order valence-electron chi connectivity index (χ2n) is 7.61. The van der Waals surface area contributed by atoms with Gasteiger partial charge in [0.05, 0.1) is 23.7 Å². The van der Waals surface area contributed by atoms with Crippen LogP contribution in [0.1, 0.15) is 49.8 Å². The summed E-state index contributed by atoms with van der Waals surface area (Å²) < 4.78 is 37.5. The molecule has 0 atom stereocenters. The second kappa shape index (κ2) is 12.6. The maximum atomic E-state index is 12.6. The number of hydrogen-bond donors (Lipinski definition) is 3. The van der Waals surface area contributed by atoms with E-state index in [1.54, 1.807) is 39.0 Å². The lowest BCUT2D eigenvalue weighted by molar-refractivity contribution is 0.0527. The lowest BCUT2D eigenvalue weighted by Crippen LogP contribution is -2.30. The number of thiophene rings is 1. The molecule has 0 saturated heterocycles. The van der Waals surface area contributed by atoms with Gasteiger partial charge in [-0.1, -0.05) is 18.2 Å². The van der Waals surface area contributed by atoms with E-state index in [9.17, 15) is 22.8 Å². The lowest BCUT2D eigenvalue weighted by atomic mass is 10.1. The van der Waals surface area contributed by atoms with E-state index < -0.39 is 27.9 Å². The van der Waals surface area contributed by atoms with E-state index in [1.165, 1.54) is 36.4 Å². The Hall–Kier alpha value is -3.81. The molecule has 0 bridgehead atoms. The number of carbonyl (C=O) groups excluding carboxylic acids is 3. The van der Waals surface area contributed by atoms with E-state index in [2.05, 4.69) is 10.6 Å². The van der Waals surface area contributed by atoms with Crippen LogP contribution in [0.5, 0.6) is 0 Å². The van der Waals surface area contributed by atoms with Crippen LogP contribution in [-0.2, 0) is 19.5 Å². The lowest BCUT2D eigenvalue weighted by Gasteiger charge is -2.12. The number of thiocarbonyl (C=S) groups is 1. The molecular formula is C25H25N3O7S3. The van der Waals surface area contributed by atoms with Crippen molar-refractivity contribution in [2.24, 2.45) is 0 Å². The van der Waals surface area contributed by atoms with Gasteiger partial charge in [-0.3, -0.25) is 4.79 Å². The third-order valence-corrected chi connectivity index (χ3v) is 7.74. The minimum absolute atomic E-state index is 0.0835. The van der Waals surface area contributed by atoms with E-state index in [-0.39, 0.29) is 39.2 Å². The Labute approximate surface area is 229 Å². The van der Waals surface area contributed by atoms with Crippen molar-refractivity contribution >= 4 is 67.2 Å². The number of nitrogens with one attached hydrogen (secondary N) is 3. The number of amides is 1. The third kappa shape index (κ3) is 6.94. The van der Waals surface area contributed by atoms with E-state index >= 15 is 0 Å². The predicted octanol–water partition coefficient (Wildman–Crippen LogP) is 4.34. The number of hydrogen-bond acceptors (Lipinski definition) is 9. The minimum atomic E-state index is -4.11. The summed E-state index contributed by atoms with van der Waals surface area (Å²) in [5, 5.41) is 6.17. The summed E-state index contributed by atoms with van der Waals surface area (Å²) >= 11 is 6.36. The van der Waals surface area contributed by atoms with Gasteiger partial charge in [0.15, 0.2) is 5.11 Å². The zero-order chi connectivity index (χ0) is 27.9. The molecule has 200 valence electrons. The van der Waals surface area contributed by atoms with E-state index in [1.807, 2.05) is 4.72 Å². The van der Waals surface area contributed by atoms with Crippen molar-refractivity contribution in [3.63, 3.8) is 0 Å². The average molecular weight is 576 g/mol. The molecule has 0 spiro atoms. The summed E-state index contributed by atoms with van der Waals surface area (Å²) in [6.07, 6.45) is 0. The first-order valence-corrected chi connectivity index (χ1v) is 14.1. The van der Waals surface area contributed by atoms with Crippen LogP contribution < -0.4 is 15.4 Å². The Balaban J connectivity index is 1.74. The molecule has 3 N–H and O–H groups in total. The van der Waals surface area contributed by atoms with Crippen LogP contribution >= 0.6 is 23.6 Å². The first-order valence-electron chi connectivity index (χ1n) is 11.3. The van der Waals surface area contributed by atoms with Gasteiger partial charge in [0.1, 0.15) is 9.88 Å². The molecule has 0 unspecified atom stereocenters. The number of sulfonamides is 1. The summed E-state index contributed by atoms with van der Waals surface area (Å²) in [7, 11) is -4.11. The standard InChI is InChI=1S/C25H25N3O7S3/c1-4-34-23(30)19-15(3)20(24(31)35-5-2)37-22(19)27-25(36)26-17-11-13-18(14-12-17)38(32,33)28-21(29)16-9-7-6-8-10-16/h6-14H,4-5H2,1-3H3,(H,28,29)(H2,26,27,36). The number of esters is 2. The van der Waals surface area contributed by atoms with Gasteiger partial charge < -0.3 is 20.1 Å². The highest BCUT2D eigenvalue weighted by Crippen LogP contribution is 2.34. The number of rotatable bonds is 9. The van der Waals surface area contributed by atoms with Gasteiger partial charge in [-0.2, -0.15) is 0 Å². The fourth-order valence-corrected chi connectivity index (χ4v) is 5.61. The van der Waals surface area contributed by atoms with Crippen LogP contribution in [0.25, 0.3) is 0 Å². The molecule has 0 aliphatic heterocycles. The first-order chi connectivity index (χ1) is 18.1. The maximum absolute atomic E-state index is 12.6. The molecule has 38 heavy (non-hydrogen) atoms. The van der Waals surface area contributed by atoms with Crippen molar-refractivity contribution in [2.75, 3.05) is 23.8 Å². The fourth-order valence-electron chi connectivity index (χ4n) is 3.25. The molecule has 0 aliphatic rings. The largest absolute Gasteiger partial charge is 0.462 e. The van der Waals surface area contributed by atoms with Crippen LogP contribution in [0.15, 0.2) is 59.5 Å². The van der Waals surface area contributed by atoms with Gasteiger partial charge in [0.2, 0.25) is 0 Å². The highest BCUT2D eigenvalue weighted by atomic mass is 32.2. The summed E-state index contributed by atoms with van der Waals surface area (Å²) in [5.74, 6) is -1.93. The van der Waals surface area contributed by atoms with Gasteiger partial charge in [-0.15, -0.1) is 11.3 Å². The summed E-state index contributed by atoms with van der Waals surface area (Å²) in [6.45, 7) is 5.29. The van der Waals surface area contributed by atoms with Gasteiger partial charge in [-0.05, 0) is 75.0 Å².